The van der Waals surface area contributed by atoms with Crippen LogP contribution in [0.5, 0.6) is 0 Å². The third-order valence-corrected chi connectivity index (χ3v) is 7.20. The Morgan fingerprint density at radius 1 is 1.09 bits per heavy atom. The van der Waals surface area contributed by atoms with Crippen LogP contribution in [0.1, 0.15) is 58.1 Å². The first-order chi connectivity index (χ1) is 15.8. The van der Waals surface area contributed by atoms with Gasteiger partial charge in [0.15, 0.2) is 5.17 Å². The number of carbonyl (C=O) groups excluding carboxylic acids is 2. The maximum absolute atomic E-state index is 13.2. The summed E-state index contributed by atoms with van der Waals surface area (Å²) in [4.78, 5) is 37.5. The van der Waals surface area contributed by atoms with Crippen molar-refractivity contribution in [3.05, 3.63) is 59.7 Å². The molecule has 0 aromatic heterocycles. The maximum atomic E-state index is 13.2. The largest absolute Gasteiger partial charge is 0.325 e. The van der Waals surface area contributed by atoms with Gasteiger partial charge in [0.25, 0.3) is 5.91 Å². The molecule has 4 rings (SSSR count). The predicted octanol–water partition coefficient (Wildman–Crippen LogP) is 5.58. The molecule has 2 atom stereocenters. The summed E-state index contributed by atoms with van der Waals surface area (Å²) in [6.07, 6.45) is 0.601. The summed E-state index contributed by atoms with van der Waals surface area (Å²) in [7, 11) is 0. The lowest BCUT2D eigenvalue weighted by atomic mass is 10.0. The zero-order valence-corrected chi connectivity index (χ0v) is 20.5. The van der Waals surface area contributed by atoms with E-state index in [2.05, 4.69) is 19.2 Å². The van der Waals surface area contributed by atoms with Crippen molar-refractivity contribution in [2.24, 2.45) is 15.9 Å². The molecule has 7 heteroatoms. The fourth-order valence-corrected chi connectivity index (χ4v) is 4.93. The fraction of sp³-hybridized carbons (Fsp3) is 0.385. The van der Waals surface area contributed by atoms with E-state index in [1.807, 2.05) is 69.3 Å². The Kier molecular flexibility index (Phi) is 6.70. The molecule has 2 aliphatic heterocycles. The van der Waals surface area contributed by atoms with E-state index < -0.39 is 11.3 Å². The van der Waals surface area contributed by atoms with Gasteiger partial charge < -0.3 is 5.32 Å². The van der Waals surface area contributed by atoms with Gasteiger partial charge in [0.1, 0.15) is 11.9 Å². The van der Waals surface area contributed by atoms with Crippen molar-refractivity contribution >= 4 is 46.0 Å². The number of nitrogens with zero attached hydrogens (tertiary/aromatic N) is 3. The molecule has 33 heavy (non-hydrogen) atoms. The number of thioether (sulfide) groups is 1. The molecule has 0 saturated heterocycles. The Morgan fingerprint density at radius 2 is 1.79 bits per heavy atom. The number of carbonyl (C=O) groups is 2. The number of hydrogen-bond acceptors (Lipinski definition) is 5. The van der Waals surface area contributed by atoms with Crippen molar-refractivity contribution in [2.45, 2.75) is 58.2 Å². The highest BCUT2D eigenvalue weighted by atomic mass is 32.2. The number of benzene rings is 2. The smallest absolute Gasteiger partial charge is 0.259 e. The van der Waals surface area contributed by atoms with Gasteiger partial charge in [-0.15, -0.1) is 0 Å². The van der Waals surface area contributed by atoms with E-state index in [-0.39, 0.29) is 17.7 Å². The molecule has 2 aliphatic rings. The van der Waals surface area contributed by atoms with Crippen LogP contribution in [0.2, 0.25) is 0 Å². The number of hydrogen-bond donors (Lipinski definition) is 1. The SMILES string of the molecule is CC[C@@H](SC1=Nc2ccccc2C2=N[C@H](C(C)C)C(=O)N12)C(=O)Nc1ccc(C(C)C)cc1. The summed E-state index contributed by atoms with van der Waals surface area (Å²) < 4.78 is 0. The molecule has 0 unspecified atom stereocenters. The summed E-state index contributed by atoms with van der Waals surface area (Å²) in [5.41, 5.74) is 3.61. The molecule has 0 radical (unpaired) electrons. The van der Waals surface area contributed by atoms with Crippen LogP contribution in [0.4, 0.5) is 11.4 Å². The Balaban J connectivity index is 1.58. The topological polar surface area (TPSA) is 74.1 Å². The minimum atomic E-state index is -0.440. The number of nitrogens with one attached hydrogen (secondary N) is 1. The van der Waals surface area contributed by atoms with Crippen LogP contribution in [0.15, 0.2) is 58.5 Å². The van der Waals surface area contributed by atoms with Gasteiger partial charge in [-0.3, -0.25) is 14.6 Å². The van der Waals surface area contributed by atoms with Crippen LogP contribution in [0.3, 0.4) is 0 Å². The van der Waals surface area contributed by atoms with Crippen molar-refractivity contribution in [2.75, 3.05) is 5.32 Å². The highest BCUT2D eigenvalue weighted by Crippen LogP contribution is 2.36. The molecule has 0 fully saturated rings. The lowest BCUT2D eigenvalue weighted by Gasteiger charge is -2.27. The molecule has 0 bridgehead atoms. The summed E-state index contributed by atoms with van der Waals surface area (Å²) in [5, 5.41) is 3.13. The molecule has 2 heterocycles. The summed E-state index contributed by atoms with van der Waals surface area (Å²) in [6.45, 7) is 10.2. The molecule has 172 valence electrons. The molecule has 2 aromatic rings. The van der Waals surface area contributed by atoms with Gasteiger partial charge in [0.2, 0.25) is 5.91 Å². The first-order valence-electron chi connectivity index (χ1n) is 11.5. The zero-order valence-electron chi connectivity index (χ0n) is 19.7. The highest BCUT2D eigenvalue weighted by molar-refractivity contribution is 8.15. The zero-order chi connectivity index (χ0) is 23.7. The normalized spacial score (nSPS) is 18.1. The Labute approximate surface area is 199 Å². The van der Waals surface area contributed by atoms with E-state index in [1.54, 1.807) is 4.90 Å². The Hall–Kier alpha value is -2.93. The van der Waals surface area contributed by atoms with E-state index >= 15 is 0 Å². The highest BCUT2D eigenvalue weighted by Gasteiger charge is 2.43. The lowest BCUT2D eigenvalue weighted by Crippen LogP contribution is -2.43. The second-order valence-electron chi connectivity index (χ2n) is 9.01. The van der Waals surface area contributed by atoms with E-state index in [4.69, 9.17) is 9.98 Å². The van der Waals surface area contributed by atoms with Crippen LogP contribution < -0.4 is 5.32 Å². The number of aliphatic imine (C=N–C) groups is 2. The minimum Gasteiger partial charge on any atom is -0.325 e. The summed E-state index contributed by atoms with van der Waals surface area (Å²) in [6, 6.07) is 15.2. The summed E-state index contributed by atoms with van der Waals surface area (Å²) >= 11 is 1.32. The van der Waals surface area contributed by atoms with Gasteiger partial charge >= 0.3 is 0 Å². The van der Waals surface area contributed by atoms with Crippen LogP contribution in [-0.2, 0) is 9.59 Å². The number of rotatable bonds is 6. The maximum Gasteiger partial charge on any atom is 0.259 e. The lowest BCUT2D eigenvalue weighted by molar-refractivity contribution is -0.125. The molecular formula is C26H30N4O2S. The van der Waals surface area contributed by atoms with Gasteiger partial charge in [-0.25, -0.2) is 9.89 Å². The second kappa shape index (κ2) is 9.51. The van der Waals surface area contributed by atoms with Crippen LogP contribution in [0, 0.1) is 5.92 Å². The standard InChI is InChI=1S/C26H30N4O2S/c1-6-21(24(31)27-18-13-11-17(12-14-18)15(2)3)33-26-28-20-10-8-7-9-19(20)23-29-22(16(4)5)25(32)30(23)26/h7-16,21-22H,6H2,1-5H3,(H,27,31)/t21-,22-/m1/s1. The summed E-state index contributed by atoms with van der Waals surface area (Å²) in [5.74, 6) is 0.955. The quantitative estimate of drug-likeness (QED) is 0.609. The van der Waals surface area contributed by atoms with Gasteiger partial charge in [-0.05, 0) is 48.1 Å². The number of amidine groups is 2. The molecule has 1 N–H and O–H groups in total. The monoisotopic (exact) mass is 462 g/mol. The molecule has 2 aromatic carbocycles. The fourth-order valence-electron chi connectivity index (χ4n) is 3.91. The first kappa shape index (κ1) is 23.2. The average molecular weight is 463 g/mol. The third kappa shape index (κ3) is 4.60. The third-order valence-electron chi connectivity index (χ3n) is 5.89. The molecule has 0 saturated carbocycles. The van der Waals surface area contributed by atoms with Gasteiger partial charge in [-0.2, -0.15) is 0 Å². The predicted molar refractivity (Wildman–Crippen MR) is 136 cm³/mol. The van der Waals surface area contributed by atoms with Gasteiger partial charge in [0, 0.05) is 11.3 Å². The number of anilines is 1. The van der Waals surface area contributed by atoms with Crippen LogP contribution >= 0.6 is 11.8 Å². The second-order valence-corrected chi connectivity index (χ2v) is 10.2. The van der Waals surface area contributed by atoms with Crippen molar-refractivity contribution in [1.82, 2.24) is 4.90 Å². The minimum absolute atomic E-state index is 0.0769. The van der Waals surface area contributed by atoms with Gasteiger partial charge in [-0.1, -0.05) is 70.6 Å². The number of amides is 2. The molecule has 0 spiro atoms. The molecular weight excluding hydrogens is 432 g/mol. The number of para-hydroxylation sites is 1. The average Bonchev–Trinajstić information content (AvgIpc) is 3.15. The van der Waals surface area contributed by atoms with Crippen molar-refractivity contribution in [3.63, 3.8) is 0 Å². The Morgan fingerprint density at radius 3 is 2.42 bits per heavy atom. The van der Waals surface area contributed by atoms with E-state index in [9.17, 15) is 9.59 Å². The van der Waals surface area contributed by atoms with E-state index in [0.717, 1.165) is 16.9 Å². The van der Waals surface area contributed by atoms with E-state index in [0.29, 0.717) is 23.3 Å². The van der Waals surface area contributed by atoms with Gasteiger partial charge in [0.05, 0.1) is 10.9 Å². The Bertz CT molecular complexity index is 1120. The molecule has 2 amide bonds. The molecule has 0 aliphatic carbocycles. The number of fused-ring (bicyclic) bond motifs is 3. The molecule has 6 nitrogen and oxygen atoms in total. The van der Waals surface area contributed by atoms with Crippen LogP contribution in [0.25, 0.3) is 0 Å². The van der Waals surface area contributed by atoms with E-state index in [1.165, 1.54) is 17.3 Å². The van der Waals surface area contributed by atoms with Crippen molar-refractivity contribution in [3.8, 4) is 0 Å². The van der Waals surface area contributed by atoms with Crippen molar-refractivity contribution in [1.29, 1.82) is 0 Å². The van der Waals surface area contributed by atoms with Crippen molar-refractivity contribution < 1.29 is 9.59 Å². The first-order valence-corrected chi connectivity index (χ1v) is 12.4. The van der Waals surface area contributed by atoms with Crippen LogP contribution in [-0.4, -0.2) is 39.0 Å².